The third-order valence-corrected chi connectivity index (χ3v) is 6.24. The second-order valence-electron chi connectivity index (χ2n) is 8.70. The average Bonchev–Trinajstić information content (AvgIpc) is 3.46. The molecule has 1 aromatic heterocycles. The minimum atomic E-state index is 0.434. The first kappa shape index (κ1) is 19.6. The molecular weight excluding hydrogens is 358 g/mol. The summed E-state index contributed by atoms with van der Waals surface area (Å²) in [6, 6.07) is 8.52. The normalized spacial score (nSPS) is 21.6. The zero-order valence-corrected chi connectivity index (χ0v) is 17.6. The Balaban J connectivity index is 0.000000249. The Morgan fingerprint density at radius 3 is 2.52 bits per heavy atom. The molecule has 0 bridgehead atoms. The summed E-state index contributed by atoms with van der Waals surface area (Å²) in [5.74, 6) is 2.16. The predicted octanol–water partition coefficient (Wildman–Crippen LogP) is 5.03. The Morgan fingerprint density at radius 1 is 1.14 bits per heavy atom. The number of aromatic amines is 1. The van der Waals surface area contributed by atoms with Gasteiger partial charge in [0.1, 0.15) is 11.5 Å². The molecule has 0 unspecified atom stereocenters. The molecular formula is C24H33N5. The molecule has 5 rings (SSSR count). The maximum Gasteiger partial charge on any atom is 0.149 e. The summed E-state index contributed by atoms with van der Waals surface area (Å²) in [5, 5.41) is 1.19. The molecule has 5 N–H and O–H groups in total. The van der Waals surface area contributed by atoms with Crippen LogP contribution in [0.15, 0.2) is 47.4 Å². The number of likely N-dealkylation sites (N-methyl/N-ethyl adjacent to an activating group) is 1. The van der Waals surface area contributed by atoms with E-state index in [1.807, 2.05) is 18.1 Å². The van der Waals surface area contributed by atoms with Crippen LogP contribution in [-0.2, 0) is 0 Å². The first-order valence-electron chi connectivity index (χ1n) is 10.9. The van der Waals surface area contributed by atoms with E-state index in [0.717, 1.165) is 17.3 Å². The minimum Gasteiger partial charge on any atom is -0.395 e. The number of nitrogens with two attached hydrogens (primary N) is 2. The molecule has 0 atom stereocenters. The van der Waals surface area contributed by atoms with Crippen LogP contribution in [0.25, 0.3) is 16.6 Å². The van der Waals surface area contributed by atoms with Gasteiger partial charge in [-0.15, -0.1) is 0 Å². The number of amidine groups is 1. The van der Waals surface area contributed by atoms with Gasteiger partial charge in [0.25, 0.3) is 0 Å². The van der Waals surface area contributed by atoms with E-state index in [0.29, 0.717) is 17.5 Å². The van der Waals surface area contributed by atoms with E-state index in [-0.39, 0.29) is 0 Å². The van der Waals surface area contributed by atoms with Crippen molar-refractivity contribution in [2.75, 3.05) is 7.05 Å². The Hall–Kier alpha value is -2.69. The molecule has 2 fully saturated rings. The lowest BCUT2D eigenvalue weighted by atomic mass is 9.91. The molecule has 2 aromatic rings. The van der Waals surface area contributed by atoms with Gasteiger partial charge in [-0.2, -0.15) is 0 Å². The summed E-state index contributed by atoms with van der Waals surface area (Å²) in [6.45, 7) is 2.36. The van der Waals surface area contributed by atoms with E-state index < -0.39 is 0 Å². The number of H-pyrrole nitrogens is 1. The van der Waals surface area contributed by atoms with Crippen molar-refractivity contribution in [2.45, 2.75) is 57.8 Å². The standard InChI is InChI=1S/C17H19N5.C7H14/c1-22-8-7-20-17(19)16(22)14(18)13-9-11-3-2-4-12(10-5-6-10)15(11)21-13;1-7-5-3-2-4-6-7/h2-4,7-10,21H,5-6,18H2,1H3,(H2,19,20);7H,2-6H2,1H3/b16-14-;. The highest BCUT2D eigenvalue weighted by Gasteiger charge is 2.26. The zero-order valence-electron chi connectivity index (χ0n) is 17.6. The largest absolute Gasteiger partial charge is 0.395 e. The molecule has 5 heteroatoms. The number of aliphatic imine (C=N–C) groups is 1. The van der Waals surface area contributed by atoms with Crippen molar-refractivity contribution in [1.82, 2.24) is 9.88 Å². The average molecular weight is 392 g/mol. The molecule has 1 aliphatic heterocycles. The van der Waals surface area contributed by atoms with Gasteiger partial charge in [0.15, 0.2) is 0 Å². The number of nitrogens with one attached hydrogen (secondary N) is 1. The van der Waals surface area contributed by atoms with Crippen molar-refractivity contribution in [3.8, 4) is 0 Å². The molecule has 2 heterocycles. The molecule has 0 saturated heterocycles. The fraction of sp³-hybridized carbons (Fsp3) is 0.458. The number of rotatable bonds is 2. The smallest absolute Gasteiger partial charge is 0.149 e. The first-order valence-corrected chi connectivity index (χ1v) is 10.9. The van der Waals surface area contributed by atoms with Crippen LogP contribution in [0.3, 0.4) is 0 Å². The monoisotopic (exact) mass is 391 g/mol. The van der Waals surface area contributed by atoms with Crippen molar-refractivity contribution in [1.29, 1.82) is 0 Å². The van der Waals surface area contributed by atoms with E-state index in [4.69, 9.17) is 11.5 Å². The third kappa shape index (κ3) is 4.34. The van der Waals surface area contributed by atoms with Crippen LogP contribution in [0.5, 0.6) is 0 Å². The molecule has 0 amide bonds. The highest BCUT2D eigenvalue weighted by Crippen LogP contribution is 2.43. The molecule has 0 radical (unpaired) electrons. The molecule has 2 aliphatic carbocycles. The minimum absolute atomic E-state index is 0.434. The van der Waals surface area contributed by atoms with Gasteiger partial charge in [0, 0.05) is 30.4 Å². The Morgan fingerprint density at radius 2 is 1.90 bits per heavy atom. The van der Waals surface area contributed by atoms with Gasteiger partial charge in [-0.25, -0.2) is 4.99 Å². The van der Waals surface area contributed by atoms with Gasteiger partial charge in [0.2, 0.25) is 0 Å². The van der Waals surface area contributed by atoms with Crippen LogP contribution >= 0.6 is 0 Å². The Bertz CT molecular complexity index is 955. The molecule has 2 saturated carbocycles. The van der Waals surface area contributed by atoms with Gasteiger partial charge < -0.3 is 21.4 Å². The summed E-state index contributed by atoms with van der Waals surface area (Å²) in [5.41, 5.74) is 17.2. The van der Waals surface area contributed by atoms with Crippen molar-refractivity contribution >= 4 is 22.4 Å². The highest BCUT2D eigenvalue weighted by molar-refractivity contribution is 6.04. The summed E-state index contributed by atoms with van der Waals surface area (Å²) in [4.78, 5) is 9.51. The third-order valence-electron chi connectivity index (χ3n) is 6.24. The molecule has 1 aromatic carbocycles. The van der Waals surface area contributed by atoms with E-state index in [2.05, 4.69) is 41.2 Å². The lowest BCUT2D eigenvalue weighted by molar-refractivity contribution is 0.385. The summed E-state index contributed by atoms with van der Waals surface area (Å²) < 4.78 is 0. The summed E-state index contributed by atoms with van der Waals surface area (Å²) in [6.07, 6.45) is 13.5. The molecule has 5 nitrogen and oxygen atoms in total. The van der Waals surface area contributed by atoms with Crippen LogP contribution in [0, 0.1) is 5.92 Å². The van der Waals surface area contributed by atoms with Crippen LogP contribution in [-0.4, -0.2) is 22.8 Å². The Labute approximate surface area is 173 Å². The van der Waals surface area contributed by atoms with Crippen molar-refractivity contribution in [3.05, 3.63) is 53.6 Å². The Kier molecular flexibility index (Phi) is 5.65. The second-order valence-corrected chi connectivity index (χ2v) is 8.70. The number of benzene rings is 1. The first-order chi connectivity index (χ1) is 14.0. The lowest BCUT2D eigenvalue weighted by Gasteiger charge is -2.22. The SMILES string of the molecule is CC1CCCCC1.CN1C=CN=C(N)/C1=C(/N)c1cc2cccc(C3CC3)c2[nH]1. The van der Waals surface area contributed by atoms with Crippen LogP contribution in [0.4, 0.5) is 0 Å². The predicted molar refractivity (Wildman–Crippen MR) is 122 cm³/mol. The number of hydrogen-bond acceptors (Lipinski definition) is 4. The topological polar surface area (TPSA) is 83.4 Å². The zero-order chi connectivity index (χ0) is 20.4. The van der Waals surface area contributed by atoms with Crippen LogP contribution in [0.2, 0.25) is 0 Å². The second kappa shape index (κ2) is 8.36. The molecule has 29 heavy (non-hydrogen) atoms. The van der Waals surface area contributed by atoms with E-state index in [1.54, 1.807) is 6.20 Å². The molecule has 3 aliphatic rings. The maximum absolute atomic E-state index is 6.37. The molecule has 154 valence electrons. The molecule has 0 spiro atoms. The number of fused-ring (bicyclic) bond motifs is 1. The summed E-state index contributed by atoms with van der Waals surface area (Å²) in [7, 11) is 1.92. The van der Waals surface area contributed by atoms with Gasteiger partial charge >= 0.3 is 0 Å². The van der Waals surface area contributed by atoms with E-state index in [9.17, 15) is 0 Å². The number of nitrogens with zero attached hydrogens (tertiary/aromatic N) is 2. The number of hydrogen-bond donors (Lipinski definition) is 3. The fourth-order valence-electron chi connectivity index (χ4n) is 4.35. The van der Waals surface area contributed by atoms with E-state index >= 15 is 0 Å². The van der Waals surface area contributed by atoms with Crippen molar-refractivity contribution < 1.29 is 0 Å². The number of para-hydroxylation sites is 1. The number of aromatic nitrogens is 1. The van der Waals surface area contributed by atoms with Gasteiger partial charge in [0.05, 0.1) is 11.4 Å². The quantitative estimate of drug-likeness (QED) is 0.671. The summed E-state index contributed by atoms with van der Waals surface area (Å²) >= 11 is 0. The van der Waals surface area contributed by atoms with Crippen molar-refractivity contribution in [3.63, 3.8) is 0 Å². The van der Waals surface area contributed by atoms with E-state index in [1.165, 1.54) is 61.4 Å². The van der Waals surface area contributed by atoms with Crippen molar-refractivity contribution in [2.24, 2.45) is 22.4 Å². The van der Waals surface area contributed by atoms with Crippen LogP contribution < -0.4 is 11.5 Å². The van der Waals surface area contributed by atoms with Gasteiger partial charge in [-0.3, -0.25) is 0 Å². The lowest BCUT2D eigenvalue weighted by Crippen LogP contribution is -2.30. The van der Waals surface area contributed by atoms with Gasteiger partial charge in [-0.05, 0) is 36.3 Å². The fourth-order valence-corrected chi connectivity index (χ4v) is 4.35. The maximum atomic E-state index is 6.37. The van der Waals surface area contributed by atoms with Gasteiger partial charge in [-0.1, -0.05) is 57.2 Å². The highest BCUT2D eigenvalue weighted by atomic mass is 15.2. The van der Waals surface area contributed by atoms with Crippen LogP contribution in [0.1, 0.15) is 69.0 Å².